The number of halogens is 2. The van der Waals surface area contributed by atoms with Gasteiger partial charge in [-0.05, 0) is 73.6 Å². The predicted octanol–water partition coefficient (Wildman–Crippen LogP) is 4.09. The van der Waals surface area contributed by atoms with E-state index in [-0.39, 0.29) is 17.1 Å². The van der Waals surface area contributed by atoms with Gasteiger partial charge in [-0.3, -0.25) is 4.79 Å². The van der Waals surface area contributed by atoms with Crippen LogP contribution in [0.15, 0.2) is 48.3 Å². The number of carboxylic acids is 1. The second kappa shape index (κ2) is 8.43. The molecule has 0 unspecified atom stereocenters. The number of carbonyl (C=O) groups is 1. The second-order valence-corrected chi connectivity index (χ2v) is 9.03. The highest BCUT2D eigenvalue weighted by Gasteiger charge is 2.56. The molecule has 0 saturated heterocycles. The summed E-state index contributed by atoms with van der Waals surface area (Å²) >= 11 is 0. The van der Waals surface area contributed by atoms with Crippen molar-refractivity contribution in [1.29, 1.82) is 0 Å². The van der Waals surface area contributed by atoms with Gasteiger partial charge in [0.05, 0.1) is 24.0 Å². The number of benzene rings is 1. The average Bonchev–Trinajstić information content (AvgIpc) is 3.37. The third kappa shape index (κ3) is 3.72. The molecule has 6 nitrogen and oxygen atoms in total. The zero-order valence-electron chi connectivity index (χ0n) is 19.1. The third-order valence-corrected chi connectivity index (χ3v) is 7.24. The summed E-state index contributed by atoms with van der Waals surface area (Å²) < 4.78 is 29.4. The minimum atomic E-state index is -1.41. The maximum Gasteiger partial charge on any atom is 0.308 e. The fourth-order valence-corrected chi connectivity index (χ4v) is 5.38. The highest BCUT2D eigenvalue weighted by molar-refractivity contribution is 5.71. The van der Waals surface area contributed by atoms with Crippen LogP contribution in [0.1, 0.15) is 48.7 Å². The molecule has 3 aromatic rings. The summed E-state index contributed by atoms with van der Waals surface area (Å²) in [6.07, 6.45) is 6.62. The molecule has 0 spiro atoms. The molecule has 2 aromatic heterocycles. The minimum absolute atomic E-state index is 0.0186. The molecule has 178 valence electrons. The Morgan fingerprint density at radius 2 is 2.00 bits per heavy atom. The van der Waals surface area contributed by atoms with Crippen LogP contribution >= 0.6 is 0 Å². The number of aromatic nitrogens is 3. The summed E-state index contributed by atoms with van der Waals surface area (Å²) in [5, 5.41) is 25.4. The fraction of sp³-hybridized carbons (Fsp3) is 0.296. The Bertz CT molecular complexity index is 1420. The summed E-state index contributed by atoms with van der Waals surface area (Å²) in [5.41, 5.74) is 1.48. The van der Waals surface area contributed by atoms with Gasteiger partial charge in [0, 0.05) is 17.2 Å². The molecule has 1 fully saturated rings. The molecule has 2 atom stereocenters. The Morgan fingerprint density at radius 3 is 2.71 bits per heavy atom. The van der Waals surface area contributed by atoms with Gasteiger partial charge in [0.2, 0.25) is 0 Å². The maximum atomic E-state index is 14.3. The Labute approximate surface area is 200 Å². The standard InChI is InChI=1S/C27H23F2N3O3/c1-2-26-15-17-16-31-32(20-5-3-19(28)4-6-20)24(17)13-18(26)7-10-27(26,35)11-8-23-21(14-25(33)34)22(29)9-12-30-23/h3-6,9,12-13,16,35H,2,7,10,14-15H2,1H3,(H,33,34)/t26-,27+/m0/s1. The molecule has 2 aliphatic rings. The van der Waals surface area contributed by atoms with E-state index in [0.29, 0.717) is 25.7 Å². The largest absolute Gasteiger partial charge is 0.481 e. The number of pyridine rings is 1. The Hall–Kier alpha value is -3.83. The topological polar surface area (TPSA) is 88.2 Å². The van der Waals surface area contributed by atoms with Gasteiger partial charge in [-0.15, -0.1) is 0 Å². The summed E-state index contributed by atoms with van der Waals surface area (Å²) in [6, 6.07) is 7.21. The number of hydrogen-bond donors (Lipinski definition) is 2. The van der Waals surface area contributed by atoms with Gasteiger partial charge in [0.15, 0.2) is 0 Å². The van der Waals surface area contributed by atoms with Crippen molar-refractivity contribution in [2.45, 2.75) is 44.6 Å². The molecule has 0 amide bonds. The number of aliphatic hydroxyl groups is 1. The molecule has 1 saturated carbocycles. The van der Waals surface area contributed by atoms with E-state index in [4.69, 9.17) is 5.11 Å². The molecule has 0 bridgehead atoms. The lowest BCUT2D eigenvalue weighted by atomic mass is 9.64. The van der Waals surface area contributed by atoms with Gasteiger partial charge in [-0.25, -0.2) is 18.4 Å². The first-order valence-corrected chi connectivity index (χ1v) is 11.4. The minimum Gasteiger partial charge on any atom is -0.481 e. The monoisotopic (exact) mass is 475 g/mol. The van der Waals surface area contributed by atoms with Gasteiger partial charge in [0.1, 0.15) is 22.9 Å². The van der Waals surface area contributed by atoms with Crippen LogP contribution in [0.2, 0.25) is 0 Å². The zero-order chi connectivity index (χ0) is 24.8. The van der Waals surface area contributed by atoms with Crippen LogP contribution in [-0.2, 0) is 17.6 Å². The number of rotatable bonds is 4. The summed E-state index contributed by atoms with van der Waals surface area (Å²) in [4.78, 5) is 15.3. The summed E-state index contributed by atoms with van der Waals surface area (Å²) in [6.45, 7) is 2.00. The molecule has 5 rings (SSSR count). The van der Waals surface area contributed by atoms with Gasteiger partial charge in [-0.1, -0.05) is 18.4 Å². The Kier molecular flexibility index (Phi) is 5.53. The van der Waals surface area contributed by atoms with Crippen molar-refractivity contribution in [3.8, 4) is 17.5 Å². The quantitative estimate of drug-likeness (QED) is 0.555. The molecule has 2 N–H and O–H groups in total. The highest BCUT2D eigenvalue weighted by atomic mass is 19.1. The SMILES string of the molecule is CC[C@]12Cc3cnn(-c4ccc(F)cc4)c3C=C1CC[C@@]2(O)C#Cc1nccc(F)c1CC(=O)O. The number of nitrogens with zero attached hydrogens (tertiary/aromatic N) is 3. The predicted molar refractivity (Wildman–Crippen MR) is 125 cm³/mol. The fourth-order valence-electron chi connectivity index (χ4n) is 5.38. The van der Waals surface area contributed by atoms with Crippen LogP contribution in [0, 0.1) is 28.9 Å². The molecule has 8 heteroatoms. The van der Waals surface area contributed by atoms with Crippen LogP contribution in [0.5, 0.6) is 0 Å². The van der Waals surface area contributed by atoms with Crippen LogP contribution in [0.3, 0.4) is 0 Å². The maximum absolute atomic E-state index is 14.3. The van der Waals surface area contributed by atoms with Crippen LogP contribution in [0.25, 0.3) is 11.8 Å². The van der Waals surface area contributed by atoms with Gasteiger partial charge < -0.3 is 10.2 Å². The van der Waals surface area contributed by atoms with Crippen molar-refractivity contribution in [2.24, 2.45) is 5.41 Å². The van der Waals surface area contributed by atoms with E-state index in [2.05, 4.69) is 21.9 Å². The first-order chi connectivity index (χ1) is 16.8. The third-order valence-electron chi connectivity index (χ3n) is 7.24. The van der Waals surface area contributed by atoms with E-state index >= 15 is 0 Å². The van der Waals surface area contributed by atoms with E-state index in [9.17, 15) is 18.7 Å². The molecular weight excluding hydrogens is 452 g/mol. The lowest BCUT2D eigenvalue weighted by molar-refractivity contribution is -0.136. The van der Waals surface area contributed by atoms with E-state index in [1.54, 1.807) is 23.0 Å². The molecular formula is C27H23F2N3O3. The van der Waals surface area contributed by atoms with Crippen molar-refractivity contribution >= 4 is 12.0 Å². The first kappa shape index (κ1) is 22.9. The molecule has 0 aliphatic heterocycles. The van der Waals surface area contributed by atoms with Gasteiger partial charge in [0.25, 0.3) is 0 Å². The second-order valence-electron chi connectivity index (χ2n) is 9.03. The lowest BCUT2D eigenvalue weighted by Crippen LogP contribution is -2.46. The van der Waals surface area contributed by atoms with Crippen molar-refractivity contribution in [2.75, 3.05) is 0 Å². The van der Waals surface area contributed by atoms with Gasteiger partial charge in [-0.2, -0.15) is 5.10 Å². The summed E-state index contributed by atoms with van der Waals surface area (Å²) in [5.74, 6) is 3.55. The molecule has 1 aromatic carbocycles. The number of hydrogen-bond acceptors (Lipinski definition) is 4. The number of aliphatic carboxylic acids is 1. The van der Waals surface area contributed by atoms with Crippen LogP contribution in [-0.4, -0.2) is 36.5 Å². The van der Waals surface area contributed by atoms with Crippen molar-refractivity contribution in [3.63, 3.8) is 0 Å². The molecule has 2 aliphatic carbocycles. The first-order valence-electron chi connectivity index (χ1n) is 11.4. The molecule has 35 heavy (non-hydrogen) atoms. The number of carboxylic acid groups (broad SMARTS) is 1. The average molecular weight is 475 g/mol. The van der Waals surface area contributed by atoms with Crippen molar-refractivity contribution in [1.82, 2.24) is 14.8 Å². The van der Waals surface area contributed by atoms with Gasteiger partial charge >= 0.3 is 5.97 Å². The van der Waals surface area contributed by atoms with E-state index in [0.717, 1.165) is 28.6 Å². The van der Waals surface area contributed by atoms with E-state index < -0.39 is 29.2 Å². The molecule has 0 radical (unpaired) electrons. The number of fused-ring (bicyclic) bond motifs is 2. The van der Waals surface area contributed by atoms with Crippen LogP contribution in [0.4, 0.5) is 8.78 Å². The summed E-state index contributed by atoms with van der Waals surface area (Å²) in [7, 11) is 0. The smallest absolute Gasteiger partial charge is 0.308 e. The lowest BCUT2D eigenvalue weighted by Gasteiger charge is -2.41. The molecule has 2 heterocycles. The van der Waals surface area contributed by atoms with Crippen molar-refractivity contribution < 1.29 is 23.8 Å². The normalized spacial score (nSPS) is 22.6. The van der Waals surface area contributed by atoms with E-state index in [1.807, 2.05) is 13.0 Å². The Balaban J connectivity index is 1.54. The van der Waals surface area contributed by atoms with Crippen molar-refractivity contribution in [3.05, 3.63) is 82.4 Å². The Morgan fingerprint density at radius 1 is 1.23 bits per heavy atom. The highest BCUT2D eigenvalue weighted by Crippen LogP contribution is 2.57. The zero-order valence-corrected chi connectivity index (χ0v) is 19.1. The van der Waals surface area contributed by atoms with Crippen LogP contribution < -0.4 is 0 Å². The van der Waals surface area contributed by atoms with E-state index in [1.165, 1.54) is 18.3 Å².